The number of ether oxygens (including phenoxy) is 1. The fourth-order valence-corrected chi connectivity index (χ4v) is 1.71. The van der Waals surface area contributed by atoms with Crippen molar-refractivity contribution in [2.24, 2.45) is 5.92 Å². The number of nitrogen functional groups attached to an aromatic ring is 1. The van der Waals surface area contributed by atoms with E-state index < -0.39 is 5.82 Å². The van der Waals surface area contributed by atoms with E-state index in [1.54, 1.807) is 0 Å². The third-order valence-corrected chi connectivity index (χ3v) is 2.81. The molecule has 0 aliphatic heterocycles. The van der Waals surface area contributed by atoms with E-state index in [0.717, 1.165) is 12.8 Å². The maximum atomic E-state index is 13.4. The van der Waals surface area contributed by atoms with Crippen LogP contribution in [-0.2, 0) is 9.53 Å². The predicted octanol–water partition coefficient (Wildman–Crippen LogP) is 3.19. The summed E-state index contributed by atoms with van der Waals surface area (Å²) in [6.07, 6.45) is 2.31. The molecule has 3 N–H and O–H groups in total. The number of halogens is 1. The Morgan fingerprint density at radius 3 is 2.85 bits per heavy atom. The Morgan fingerprint density at radius 2 is 2.15 bits per heavy atom. The van der Waals surface area contributed by atoms with Gasteiger partial charge in [-0.3, -0.25) is 4.79 Å². The van der Waals surface area contributed by atoms with Crippen molar-refractivity contribution in [1.82, 2.24) is 0 Å². The van der Waals surface area contributed by atoms with E-state index in [0.29, 0.717) is 24.8 Å². The molecular weight excluding hydrogens is 259 g/mol. The van der Waals surface area contributed by atoms with E-state index in [2.05, 4.69) is 19.2 Å². The lowest BCUT2D eigenvalue weighted by Gasteiger charge is -2.08. The number of anilines is 2. The fraction of sp³-hybridized carbons (Fsp3) is 0.533. The molecule has 1 aromatic rings. The molecule has 0 atom stereocenters. The van der Waals surface area contributed by atoms with Crippen LogP contribution in [-0.4, -0.2) is 19.1 Å². The first-order valence-corrected chi connectivity index (χ1v) is 6.91. The lowest BCUT2D eigenvalue weighted by molar-refractivity contribution is -0.117. The van der Waals surface area contributed by atoms with Crippen molar-refractivity contribution < 1.29 is 13.9 Å². The van der Waals surface area contributed by atoms with Crippen LogP contribution >= 0.6 is 0 Å². The van der Waals surface area contributed by atoms with Gasteiger partial charge >= 0.3 is 0 Å². The average molecular weight is 282 g/mol. The highest BCUT2D eigenvalue weighted by atomic mass is 19.1. The van der Waals surface area contributed by atoms with Gasteiger partial charge in [-0.1, -0.05) is 13.8 Å². The molecule has 0 bridgehead atoms. The van der Waals surface area contributed by atoms with Crippen LogP contribution in [0.2, 0.25) is 0 Å². The van der Waals surface area contributed by atoms with Crippen molar-refractivity contribution >= 4 is 17.3 Å². The van der Waals surface area contributed by atoms with E-state index >= 15 is 0 Å². The van der Waals surface area contributed by atoms with E-state index in [1.807, 2.05) is 0 Å². The molecule has 1 rings (SSSR count). The van der Waals surface area contributed by atoms with Crippen molar-refractivity contribution in [1.29, 1.82) is 0 Å². The summed E-state index contributed by atoms with van der Waals surface area (Å²) in [6.45, 7) is 5.31. The van der Waals surface area contributed by atoms with E-state index in [9.17, 15) is 9.18 Å². The number of benzene rings is 1. The summed E-state index contributed by atoms with van der Waals surface area (Å²) in [5.41, 5.74) is 6.06. The molecule has 0 heterocycles. The summed E-state index contributed by atoms with van der Waals surface area (Å²) < 4.78 is 18.8. The van der Waals surface area contributed by atoms with Crippen LogP contribution in [0.3, 0.4) is 0 Å². The van der Waals surface area contributed by atoms with Crippen LogP contribution in [0.25, 0.3) is 0 Å². The Kier molecular flexibility index (Phi) is 7.01. The normalized spacial score (nSPS) is 10.8. The molecule has 0 spiro atoms. The van der Waals surface area contributed by atoms with Crippen molar-refractivity contribution in [3.8, 4) is 0 Å². The summed E-state index contributed by atoms with van der Waals surface area (Å²) in [7, 11) is 0. The van der Waals surface area contributed by atoms with Gasteiger partial charge in [0.05, 0.1) is 18.7 Å². The Morgan fingerprint density at radius 1 is 1.40 bits per heavy atom. The summed E-state index contributed by atoms with van der Waals surface area (Å²) >= 11 is 0. The molecule has 0 unspecified atom stereocenters. The first kappa shape index (κ1) is 16.4. The quantitative estimate of drug-likeness (QED) is 0.568. The largest absolute Gasteiger partial charge is 0.399 e. The smallest absolute Gasteiger partial charge is 0.226 e. The Balaban J connectivity index is 2.22. The minimum Gasteiger partial charge on any atom is -0.399 e. The maximum Gasteiger partial charge on any atom is 0.226 e. The highest BCUT2D eigenvalue weighted by Crippen LogP contribution is 2.17. The van der Waals surface area contributed by atoms with Gasteiger partial charge in [-0.05, 0) is 37.0 Å². The van der Waals surface area contributed by atoms with Crippen LogP contribution in [0.15, 0.2) is 18.2 Å². The minimum atomic E-state index is -0.495. The Bertz CT molecular complexity index is 436. The lowest BCUT2D eigenvalue weighted by Crippen LogP contribution is -2.15. The van der Waals surface area contributed by atoms with Crippen molar-refractivity contribution in [3.05, 3.63) is 24.0 Å². The number of hydrogen-bond donors (Lipinski definition) is 2. The predicted molar refractivity (Wildman–Crippen MR) is 79.0 cm³/mol. The number of carbonyl (C=O) groups excluding carboxylic acids is 1. The van der Waals surface area contributed by atoms with Crippen LogP contribution in [0.1, 0.15) is 33.1 Å². The van der Waals surface area contributed by atoms with Gasteiger partial charge in [0, 0.05) is 12.3 Å². The van der Waals surface area contributed by atoms with Gasteiger partial charge in [-0.25, -0.2) is 4.39 Å². The SMILES string of the molecule is CC(C)CCCOCCC(=O)Nc1cc(N)ccc1F. The zero-order valence-electron chi connectivity index (χ0n) is 12.1. The molecule has 0 fully saturated rings. The highest BCUT2D eigenvalue weighted by Gasteiger charge is 2.07. The molecule has 1 amide bonds. The van der Waals surface area contributed by atoms with Gasteiger partial charge in [0.25, 0.3) is 0 Å². The van der Waals surface area contributed by atoms with Crippen molar-refractivity contribution in [3.63, 3.8) is 0 Å². The number of nitrogens with two attached hydrogens (primary N) is 1. The van der Waals surface area contributed by atoms with Crippen molar-refractivity contribution in [2.75, 3.05) is 24.3 Å². The molecule has 0 saturated heterocycles. The summed E-state index contributed by atoms with van der Waals surface area (Å²) in [6, 6.07) is 4.08. The van der Waals surface area contributed by atoms with Gasteiger partial charge in [0.15, 0.2) is 0 Å². The van der Waals surface area contributed by atoms with Crippen LogP contribution in [0, 0.1) is 11.7 Å². The number of nitrogens with one attached hydrogen (secondary N) is 1. The fourth-order valence-electron chi connectivity index (χ4n) is 1.71. The second kappa shape index (κ2) is 8.53. The molecule has 4 nitrogen and oxygen atoms in total. The van der Waals surface area contributed by atoms with Gasteiger partial charge in [0.2, 0.25) is 5.91 Å². The molecule has 0 radical (unpaired) electrons. The van der Waals surface area contributed by atoms with Gasteiger partial charge in [-0.2, -0.15) is 0 Å². The van der Waals surface area contributed by atoms with Crippen LogP contribution in [0.4, 0.5) is 15.8 Å². The second-order valence-electron chi connectivity index (χ2n) is 5.19. The summed E-state index contributed by atoms with van der Waals surface area (Å²) in [5, 5.41) is 2.49. The topological polar surface area (TPSA) is 64.3 Å². The summed E-state index contributed by atoms with van der Waals surface area (Å²) in [5.74, 6) is -0.114. The first-order chi connectivity index (χ1) is 9.49. The zero-order valence-corrected chi connectivity index (χ0v) is 12.1. The van der Waals surface area contributed by atoms with E-state index in [-0.39, 0.29) is 18.0 Å². The first-order valence-electron chi connectivity index (χ1n) is 6.91. The number of carbonyl (C=O) groups is 1. The molecule has 0 aliphatic rings. The molecule has 112 valence electrons. The molecule has 0 aromatic heterocycles. The zero-order chi connectivity index (χ0) is 15.0. The maximum absolute atomic E-state index is 13.4. The van der Waals surface area contributed by atoms with E-state index in [4.69, 9.17) is 10.5 Å². The van der Waals surface area contributed by atoms with E-state index in [1.165, 1.54) is 18.2 Å². The Hall–Kier alpha value is -1.62. The molecule has 0 aliphatic carbocycles. The number of rotatable bonds is 8. The molecule has 20 heavy (non-hydrogen) atoms. The third-order valence-electron chi connectivity index (χ3n) is 2.81. The molecule has 1 aromatic carbocycles. The summed E-state index contributed by atoms with van der Waals surface area (Å²) in [4.78, 5) is 11.6. The minimum absolute atomic E-state index is 0.106. The number of amides is 1. The highest BCUT2D eigenvalue weighted by molar-refractivity contribution is 5.91. The Labute approximate surface area is 119 Å². The van der Waals surface area contributed by atoms with Gasteiger partial charge in [-0.15, -0.1) is 0 Å². The second-order valence-corrected chi connectivity index (χ2v) is 5.19. The van der Waals surface area contributed by atoms with Gasteiger partial charge < -0.3 is 15.8 Å². The molecule has 0 saturated carbocycles. The molecule has 5 heteroatoms. The van der Waals surface area contributed by atoms with Crippen LogP contribution in [0.5, 0.6) is 0 Å². The van der Waals surface area contributed by atoms with Gasteiger partial charge in [0.1, 0.15) is 5.82 Å². The standard InChI is InChI=1S/C15H23FN2O2/c1-11(2)4-3-8-20-9-7-15(19)18-14-10-12(17)5-6-13(14)16/h5-6,10-11H,3-4,7-9,17H2,1-2H3,(H,18,19). The number of hydrogen-bond acceptors (Lipinski definition) is 3. The van der Waals surface area contributed by atoms with Crippen LogP contribution < -0.4 is 11.1 Å². The lowest BCUT2D eigenvalue weighted by atomic mass is 10.1. The molecular formula is C15H23FN2O2. The average Bonchev–Trinajstić information content (AvgIpc) is 2.37. The third kappa shape index (κ3) is 6.52. The van der Waals surface area contributed by atoms with Crippen molar-refractivity contribution in [2.45, 2.75) is 33.1 Å². The monoisotopic (exact) mass is 282 g/mol.